The number of hydrogen-bond donors (Lipinski definition) is 0. The maximum Gasteiger partial charge on any atom is 1.20 e. The summed E-state index contributed by atoms with van der Waals surface area (Å²) >= 11 is -2.90. The smallest absolute Gasteiger partial charge is 0.577 e. The molecule has 0 radical (unpaired) electrons. The Kier molecular flexibility index (Phi) is 7.23. The Balaban J connectivity index is 1.14. The summed E-state index contributed by atoms with van der Waals surface area (Å²) in [4.78, 5) is 9.54. The summed E-state index contributed by atoms with van der Waals surface area (Å²) in [6, 6.07) is 47.6. The van der Waals surface area contributed by atoms with Crippen LogP contribution < -0.4 is 11.4 Å². The van der Waals surface area contributed by atoms with Crippen LogP contribution in [0.25, 0.3) is 54.5 Å². The Bertz CT molecular complexity index is 2320. The predicted octanol–water partition coefficient (Wildman–Crippen LogP) is 9.89. The molecular formula is C40H29AlN2O3. The van der Waals surface area contributed by atoms with Gasteiger partial charge in [0.1, 0.15) is 22.5 Å². The second-order valence-electron chi connectivity index (χ2n) is 11.5. The molecular weight excluding hydrogens is 583 g/mol. The van der Waals surface area contributed by atoms with Crippen LogP contribution in [-0.4, -0.2) is 25.1 Å². The van der Waals surface area contributed by atoms with Crippen molar-refractivity contribution in [3.63, 3.8) is 0 Å². The molecule has 0 amide bonds. The number of nitrogens with zero attached hydrogens (tertiary/aromatic N) is 2. The molecule has 6 aromatic carbocycles. The molecule has 0 N–H and O–H groups in total. The Labute approximate surface area is 272 Å². The Morgan fingerprint density at radius 2 is 0.891 bits per heavy atom. The van der Waals surface area contributed by atoms with Gasteiger partial charge in [-0.3, -0.25) is 0 Å². The summed E-state index contributed by atoms with van der Waals surface area (Å²) in [7, 11) is 0. The van der Waals surface area contributed by atoms with Crippen LogP contribution >= 0.6 is 0 Å². The molecule has 0 saturated heterocycles. The summed E-state index contributed by atoms with van der Waals surface area (Å²) in [6.45, 7) is 3.95. The Morgan fingerprint density at radius 1 is 0.413 bits per heavy atom. The second kappa shape index (κ2) is 11.8. The summed E-state index contributed by atoms with van der Waals surface area (Å²) in [5.74, 6) is 1.93. The van der Waals surface area contributed by atoms with Crippen molar-refractivity contribution in [1.29, 1.82) is 0 Å². The molecule has 0 fully saturated rings. The molecule has 8 aromatic rings. The highest BCUT2D eigenvalue weighted by Gasteiger charge is 2.45. The number of aryl methyl sites for hydroxylation is 2. The van der Waals surface area contributed by atoms with Crippen LogP contribution in [0.3, 0.4) is 0 Å². The highest BCUT2D eigenvalue weighted by Crippen LogP contribution is 2.32. The fourth-order valence-corrected chi connectivity index (χ4v) is 7.17. The normalized spacial score (nSPS) is 11.3. The first kappa shape index (κ1) is 28.1. The Morgan fingerprint density at radius 3 is 1.52 bits per heavy atom. The molecule has 0 aliphatic carbocycles. The van der Waals surface area contributed by atoms with E-state index >= 15 is 0 Å². The summed E-state index contributed by atoms with van der Waals surface area (Å²) in [5, 5.41) is 6.64. The van der Waals surface area contributed by atoms with Gasteiger partial charge in [0.2, 0.25) is 0 Å². The lowest BCUT2D eigenvalue weighted by Crippen LogP contribution is -2.37. The van der Waals surface area contributed by atoms with Gasteiger partial charge in [-0.15, -0.1) is 0 Å². The topological polar surface area (TPSA) is 53.5 Å². The van der Waals surface area contributed by atoms with Crippen molar-refractivity contribution >= 4 is 58.5 Å². The quantitative estimate of drug-likeness (QED) is 0.168. The zero-order valence-electron chi connectivity index (χ0n) is 25.5. The molecule has 2 aromatic heterocycles. The van der Waals surface area contributed by atoms with Crippen LogP contribution in [0.4, 0.5) is 0 Å². The first-order chi connectivity index (χ1) is 22.6. The molecule has 0 bridgehead atoms. The monoisotopic (exact) mass is 612 g/mol. The van der Waals surface area contributed by atoms with Gasteiger partial charge in [0.25, 0.3) is 0 Å². The lowest BCUT2D eigenvalue weighted by molar-refractivity contribution is 0.310. The number of rotatable bonds is 7. The molecule has 0 saturated carbocycles. The zero-order chi connectivity index (χ0) is 31.0. The van der Waals surface area contributed by atoms with Crippen LogP contribution in [0, 0.1) is 13.8 Å². The third kappa shape index (κ3) is 5.61. The van der Waals surface area contributed by atoms with E-state index in [1.165, 1.54) is 21.9 Å². The molecule has 0 aliphatic rings. The fourth-order valence-electron chi connectivity index (χ4n) is 5.86. The van der Waals surface area contributed by atoms with E-state index in [4.69, 9.17) is 21.3 Å². The maximum atomic E-state index is 6.60. The van der Waals surface area contributed by atoms with Crippen molar-refractivity contribution in [2.75, 3.05) is 0 Å². The molecule has 0 aliphatic heterocycles. The highest BCUT2D eigenvalue weighted by atomic mass is 27.3. The molecule has 8 rings (SSSR count). The van der Waals surface area contributed by atoms with E-state index in [0.29, 0.717) is 17.2 Å². The molecule has 0 spiro atoms. The van der Waals surface area contributed by atoms with E-state index < -0.39 is 15.1 Å². The van der Waals surface area contributed by atoms with E-state index in [9.17, 15) is 0 Å². The van der Waals surface area contributed by atoms with Gasteiger partial charge in [-0.05, 0) is 95.1 Å². The van der Waals surface area contributed by atoms with Crippen molar-refractivity contribution in [3.05, 3.63) is 151 Å². The van der Waals surface area contributed by atoms with E-state index in [1.807, 2.05) is 74.5 Å². The molecule has 220 valence electrons. The van der Waals surface area contributed by atoms with E-state index in [0.717, 1.165) is 44.0 Å². The minimum absolute atomic E-state index is 0.628. The summed E-state index contributed by atoms with van der Waals surface area (Å²) < 4.78 is 19.8. The number of aromatic nitrogens is 2. The number of benzene rings is 6. The molecule has 5 nitrogen and oxygen atoms in total. The second-order valence-corrected chi connectivity index (χ2v) is 12.8. The van der Waals surface area contributed by atoms with Crippen LogP contribution in [0.1, 0.15) is 11.4 Å². The third-order valence-corrected chi connectivity index (χ3v) is 9.58. The molecule has 46 heavy (non-hydrogen) atoms. The average molecular weight is 613 g/mol. The van der Waals surface area contributed by atoms with Crippen LogP contribution in [0.5, 0.6) is 17.2 Å². The van der Waals surface area contributed by atoms with Crippen molar-refractivity contribution in [1.82, 2.24) is 9.97 Å². The van der Waals surface area contributed by atoms with Gasteiger partial charge in [0.15, 0.2) is 0 Å². The Hall–Kier alpha value is -5.41. The van der Waals surface area contributed by atoms with Gasteiger partial charge < -0.3 is 11.4 Å². The molecule has 0 atom stereocenters. The standard InChI is InChI=1S/C20H14O.2C10H9NO.Al/c21-20-10-9-18-12-17(7-8-19(18)13-20)16-6-5-14-3-1-2-4-15(14)11-16;2*1-7-5-6-8-3-2-4-9(12)10(8)11-7;/h1-13,21H;2*2-6,12H,1H3;/q;;;+3/p-3. The number of fused-ring (bicyclic) bond motifs is 4. The van der Waals surface area contributed by atoms with Crippen LogP contribution in [0.15, 0.2) is 140 Å². The average Bonchev–Trinajstić information content (AvgIpc) is 3.08. The van der Waals surface area contributed by atoms with Crippen molar-refractivity contribution in [2.45, 2.75) is 13.8 Å². The number of para-hydroxylation sites is 2. The predicted molar refractivity (Wildman–Crippen MR) is 187 cm³/mol. The maximum absolute atomic E-state index is 6.60. The minimum Gasteiger partial charge on any atom is -0.577 e. The van der Waals surface area contributed by atoms with Gasteiger partial charge in [-0.2, -0.15) is 0 Å². The lowest BCUT2D eigenvalue weighted by Gasteiger charge is -2.18. The molecule has 0 unspecified atom stereocenters. The SMILES string of the molecule is Cc1ccc2cccc([O][Al]([O]c3ccc4cc(-c5ccc6ccccc6c5)ccc4c3)[O]c3cccc4ccc(C)nc34)c2n1. The van der Waals surface area contributed by atoms with E-state index in [-0.39, 0.29) is 0 Å². The first-order valence-corrected chi connectivity index (χ1v) is 16.7. The number of pyridine rings is 2. The van der Waals surface area contributed by atoms with Crippen molar-refractivity contribution in [3.8, 4) is 28.4 Å². The zero-order valence-corrected chi connectivity index (χ0v) is 26.6. The van der Waals surface area contributed by atoms with E-state index in [1.54, 1.807) is 0 Å². The van der Waals surface area contributed by atoms with Gasteiger partial charge in [0, 0.05) is 22.2 Å². The van der Waals surface area contributed by atoms with Gasteiger partial charge in [-0.1, -0.05) is 91.0 Å². The summed E-state index contributed by atoms with van der Waals surface area (Å²) in [5.41, 5.74) is 5.74. The fraction of sp³-hybridized carbons (Fsp3) is 0.0500. The number of hydrogen-bond acceptors (Lipinski definition) is 5. The molecule has 6 heteroatoms. The van der Waals surface area contributed by atoms with Gasteiger partial charge >= 0.3 is 15.1 Å². The van der Waals surface area contributed by atoms with Gasteiger partial charge in [-0.25, -0.2) is 9.97 Å². The van der Waals surface area contributed by atoms with Crippen LogP contribution in [-0.2, 0) is 0 Å². The van der Waals surface area contributed by atoms with Gasteiger partial charge in [0.05, 0.1) is 5.75 Å². The van der Waals surface area contributed by atoms with Crippen LogP contribution in [0.2, 0.25) is 0 Å². The minimum atomic E-state index is -2.90. The first-order valence-electron chi connectivity index (χ1n) is 15.3. The largest absolute Gasteiger partial charge is 1.20 e. The summed E-state index contributed by atoms with van der Waals surface area (Å²) in [6.07, 6.45) is 0. The van der Waals surface area contributed by atoms with E-state index in [2.05, 4.69) is 78.9 Å². The van der Waals surface area contributed by atoms with Crippen molar-refractivity contribution < 1.29 is 11.4 Å². The van der Waals surface area contributed by atoms with Crippen molar-refractivity contribution in [2.24, 2.45) is 0 Å². The lowest BCUT2D eigenvalue weighted by atomic mass is 9.98. The highest BCUT2D eigenvalue weighted by molar-refractivity contribution is 6.40. The molecule has 2 heterocycles. The third-order valence-electron chi connectivity index (χ3n) is 8.22.